The minimum absolute atomic E-state index is 0.351. The Kier molecular flexibility index (Phi) is 4.25. The van der Waals surface area contributed by atoms with Gasteiger partial charge >= 0.3 is 0 Å². The van der Waals surface area contributed by atoms with Crippen molar-refractivity contribution in [2.45, 2.75) is 45.1 Å². The summed E-state index contributed by atoms with van der Waals surface area (Å²) in [5, 5.41) is 2.28. The zero-order valence-corrected chi connectivity index (χ0v) is 13.4. The Morgan fingerprint density at radius 1 is 1.20 bits per heavy atom. The molecule has 0 N–H and O–H groups in total. The summed E-state index contributed by atoms with van der Waals surface area (Å²) in [7, 11) is 0. The van der Waals surface area contributed by atoms with Crippen LogP contribution in [0.15, 0.2) is 35.1 Å². The molecule has 0 unspecified atom stereocenters. The molecule has 2 nitrogen and oxygen atoms in total. The molecular formula is C17H20BrNO. The average molecular weight is 334 g/mol. The van der Waals surface area contributed by atoms with Gasteiger partial charge in [-0.25, -0.2) is 0 Å². The van der Waals surface area contributed by atoms with Crippen LogP contribution in [0, 0.1) is 5.92 Å². The Bertz CT molecular complexity index is 591. The molecule has 1 saturated carbocycles. The third-order valence-electron chi connectivity index (χ3n) is 4.35. The minimum Gasteiger partial charge on any atom is -0.488 e. The van der Waals surface area contributed by atoms with Crippen molar-refractivity contribution in [2.24, 2.45) is 5.92 Å². The number of benzene rings is 1. The molecule has 0 amide bonds. The number of pyridine rings is 1. The Balaban J connectivity index is 1.79. The number of fused-ring (bicyclic) bond motifs is 1. The largest absolute Gasteiger partial charge is 0.488 e. The quantitative estimate of drug-likeness (QED) is 0.755. The molecule has 3 rings (SSSR count). The van der Waals surface area contributed by atoms with E-state index in [4.69, 9.17) is 4.74 Å². The summed E-state index contributed by atoms with van der Waals surface area (Å²) < 4.78 is 7.31. The van der Waals surface area contributed by atoms with Crippen molar-refractivity contribution in [3.63, 3.8) is 0 Å². The number of nitrogens with zero attached hydrogens (tertiary/aromatic N) is 1. The Labute approximate surface area is 128 Å². The van der Waals surface area contributed by atoms with Crippen molar-refractivity contribution in [2.75, 3.05) is 0 Å². The van der Waals surface area contributed by atoms with E-state index in [0.717, 1.165) is 26.9 Å². The summed E-state index contributed by atoms with van der Waals surface area (Å²) in [5.41, 5.74) is 0. The first-order valence-corrected chi connectivity index (χ1v) is 8.25. The van der Waals surface area contributed by atoms with Gasteiger partial charge in [0.2, 0.25) is 0 Å². The Morgan fingerprint density at radius 2 is 2.00 bits per heavy atom. The molecule has 0 bridgehead atoms. The fourth-order valence-electron chi connectivity index (χ4n) is 3.04. The van der Waals surface area contributed by atoms with Crippen LogP contribution >= 0.6 is 15.9 Å². The lowest BCUT2D eigenvalue weighted by Gasteiger charge is -2.28. The van der Waals surface area contributed by atoms with Crippen LogP contribution in [-0.2, 0) is 0 Å². The molecule has 1 aliphatic carbocycles. The fourth-order valence-corrected chi connectivity index (χ4v) is 3.40. The molecule has 3 heteroatoms. The summed E-state index contributed by atoms with van der Waals surface area (Å²) in [6, 6.07) is 6.23. The standard InChI is InChI=1S/C17H20BrNO/c1-2-12-3-7-15(8-4-12)20-17-11-19-10-13-5-6-14(18)9-16(13)17/h5-6,9-12,15H,2-4,7-8H2,1H3. The normalized spacial score (nSPS) is 22.9. The highest BCUT2D eigenvalue weighted by Gasteiger charge is 2.21. The van der Waals surface area contributed by atoms with Crippen molar-refractivity contribution >= 4 is 26.7 Å². The lowest BCUT2D eigenvalue weighted by molar-refractivity contribution is 0.131. The lowest BCUT2D eigenvalue weighted by atomic mass is 9.86. The third kappa shape index (κ3) is 2.98. The molecule has 0 spiro atoms. The SMILES string of the molecule is CCC1CCC(Oc2cncc3ccc(Br)cc23)CC1. The van der Waals surface area contributed by atoms with Gasteiger partial charge < -0.3 is 4.74 Å². The molecule has 1 heterocycles. The van der Waals surface area contributed by atoms with Crippen LogP contribution in [0.2, 0.25) is 0 Å². The molecule has 20 heavy (non-hydrogen) atoms. The van der Waals surface area contributed by atoms with E-state index in [0.29, 0.717) is 6.10 Å². The van der Waals surface area contributed by atoms with Gasteiger partial charge in [-0.3, -0.25) is 4.98 Å². The van der Waals surface area contributed by atoms with Gasteiger partial charge in [0.05, 0.1) is 12.3 Å². The van der Waals surface area contributed by atoms with Crippen molar-refractivity contribution in [3.8, 4) is 5.75 Å². The zero-order valence-electron chi connectivity index (χ0n) is 11.8. The highest BCUT2D eigenvalue weighted by atomic mass is 79.9. The van der Waals surface area contributed by atoms with Gasteiger partial charge in [0.25, 0.3) is 0 Å². The van der Waals surface area contributed by atoms with Gasteiger partial charge in [0, 0.05) is 21.4 Å². The Morgan fingerprint density at radius 3 is 2.75 bits per heavy atom. The number of aromatic nitrogens is 1. The molecule has 1 fully saturated rings. The van der Waals surface area contributed by atoms with Gasteiger partial charge in [0.15, 0.2) is 0 Å². The highest BCUT2D eigenvalue weighted by Crippen LogP contribution is 2.32. The molecule has 1 aromatic carbocycles. The van der Waals surface area contributed by atoms with Crippen LogP contribution in [0.25, 0.3) is 10.8 Å². The predicted octanol–water partition coefficient (Wildman–Crippen LogP) is 5.34. The van der Waals surface area contributed by atoms with Crippen LogP contribution in [-0.4, -0.2) is 11.1 Å². The molecular weight excluding hydrogens is 314 g/mol. The molecule has 0 atom stereocenters. The van der Waals surface area contributed by atoms with E-state index in [1.165, 1.54) is 32.1 Å². The van der Waals surface area contributed by atoms with Crippen molar-refractivity contribution < 1.29 is 4.74 Å². The first kappa shape index (κ1) is 13.9. The van der Waals surface area contributed by atoms with Crippen molar-refractivity contribution in [3.05, 3.63) is 35.1 Å². The molecule has 0 aliphatic heterocycles. The van der Waals surface area contributed by atoms with Crippen LogP contribution in [0.3, 0.4) is 0 Å². The predicted molar refractivity (Wildman–Crippen MR) is 86.1 cm³/mol. The summed E-state index contributed by atoms with van der Waals surface area (Å²) >= 11 is 3.53. The van der Waals surface area contributed by atoms with E-state index in [1.807, 2.05) is 18.5 Å². The number of ether oxygens (including phenoxy) is 1. The van der Waals surface area contributed by atoms with Gasteiger partial charge in [-0.1, -0.05) is 35.3 Å². The molecule has 2 aromatic rings. The second kappa shape index (κ2) is 6.13. The maximum Gasteiger partial charge on any atom is 0.145 e. The number of rotatable bonds is 3. The van der Waals surface area contributed by atoms with E-state index < -0.39 is 0 Å². The number of halogens is 1. The molecule has 106 valence electrons. The maximum absolute atomic E-state index is 6.23. The average Bonchev–Trinajstić information content (AvgIpc) is 2.49. The summed E-state index contributed by atoms with van der Waals surface area (Å²) in [5.74, 6) is 1.82. The van der Waals surface area contributed by atoms with Crippen LogP contribution in [0.4, 0.5) is 0 Å². The van der Waals surface area contributed by atoms with E-state index in [9.17, 15) is 0 Å². The first-order valence-electron chi connectivity index (χ1n) is 7.46. The highest BCUT2D eigenvalue weighted by molar-refractivity contribution is 9.10. The number of hydrogen-bond acceptors (Lipinski definition) is 2. The van der Waals surface area contributed by atoms with E-state index in [1.54, 1.807) is 0 Å². The van der Waals surface area contributed by atoms with Crippen molar-refractivity contribution in [1.82, 2.24) is 4.98 Å². The van der Waals surface area contributed by atoms with Gasteiger partial charge in [0.1, 0.15) is 5.75 Å². The Hall–Kier alpha value is -1.09. The van der Waals surface area contributed by atoms with Crippen LogP contribution in [0.1, 0.15) is 39.0 Å². The fraction of sp³-hybridized carbons (Fsp3) is 0.471. The summed E-state index contributed by atoms with van der Waals surface area (Å²) in [4.78, 5) is 4.30. The first-order chi connectivity index (χ1) is 9.76. The lowest BCUT2D eigenvalue weighted by Crippen LogP contribution is -2.24. The summed E-state index contributed by atoms with van der Waals surface area (Å²) in [6.07, 6.45) is 10.3. The second-order valence-electron chi connectivity index (χ2n) is 5.67. The monoisotopic (exact) mass is 333 g/mol. The third-order valence-corrected chi connectivity index (χ3v) is 4.84. The van der Waals surface area contributed by atoms with Crippen LogP contribution in [0.5, 0.6) is 5.75 Å². The van der Waals surface area contributed by atoms with Gasteiger partial charge in [-0.15, -0.1) is 0 Å². The molecule has 0 saturated heterocycles. The molecule has 1 aliphatic rings. The van der Waals surface area contributed by atoms with Gasteiger partial charge in [-0.05, 0) is 43.7 Å². The topological polar surface area (TPSA) is 22.1 Å². The minimum atomic E-state index is 0.351. The smallest absolute Gasteiger partial charge is 0.145 e. The van der Waals surface area contributed by atoms with E-state index in [-0.39, 0.29) is 0 Å². The number of hydrogen-bond donors (Lipinski definition) is 0. The molecule has 0 radical (unpaired) electrons. The molecule has 1 aromatic heterocycles. The second-order valence-corrected chi connectivity index (χ2v) is 6.59. The van der Waals surface area contributed by atoms with Crippen LogP contribution < -0.4 is 4.74 Å². The van der Waals surface area contributed by atoms with E-state index in [2.05, 4.69) is 40.0 Å². The van der Waals surface area contributed by atoms with Crippen molar-refractivity contribution in [1.29, 1.82) is 0 Å². The summed E-state index contributed by atoms with van der Waals surface area (Å²) in [6.45, 7) is 2.29. The van der Waals surface area contributed by atoms with E-state index >= 15 is 0 Å². The van der Waals surface area contributed by atoms with Gasteiger partial charge in [-0.2, -0.15) is 0 Å². The maximum atomic E-state index is 6.23. The zero-order chi connectivity index (χ0) is 13.9.